The van der Waals surface area contributed by atoms with Gasteiger partial charge in [-0.25, -0.2) is 0 Å². The van der Waals surface area contributed by atoms with Gasteiger partial charge in [0.05, 0.1) is 13.0 Å². The molecule has 0 aromatic heterocycles. The molecule has 0 saturated carbocycles. The second-order valence-electron chi connectivity index (χ2n) is 3.79. The third-order valence-electron chi connectivity index (χ3n) is 2.43. The van der Waals surface area contributed by atoms with Crippen molar-refractivity contribution >= 4 is 17.6 Å². The summed E-state index contributed by atoms with van der Waals surface area (Å²) in [7, 11) is 0. The Morgan fingerprint density at radius 3 is 2.94 bits per heavy atom. The average molecular weight is 256 g/mol. The minimum absolute atomic E-state index is 0.168. The van der Waals surface area contributed by atoms with Crippen molar-refractivity contribution in [3.63, 3.8) is 0 Å². The first-order valence-corrected chi connectivity index (χ1v) is 6.15. The number of hydrogen-bond donors (Lipinski definition) is 1. The van der Waals surface area contributed by atoms with Crippen LogP contribution in [0.4, 0.5) is 0 Å². The average Bonchev–Trinajstić information content (AvgIpc) is 2.29. The monoisotopic (exact) mass is 255 g/mol. The number of carbonyl (C=O) groups excluding carboxylic acids is 1. The minimum atomic E-state index is -0.168. The molecule has 0 fully saturated rings. The van der Waals surface area contributed by atoms with E-state index in [1.165, 1.54) is 0 Å². The molecule has 1 rings (SSSR count). The van der Waals surface area contributed by atoms with Gasteiger partial charge < -0.3 is 10.1 Å². The van der Waals surface area contributed by atoms with Crippen molar-refractivity contribution in [3.8, 4) is 0 Å². The van der Waals surface area contributed by atoms with E-state index in [0.29, 0.717) is 19.6 Å². The number of nitrogens with one attached hydrogen (secondary N) is 1. The van der Waals surface area contributed by atoms with Crippen molar-refractivity contribution in [3.05, 3.63) is 34.9 Å². The fourth-order valence-electron chi connectivity index (χ4n) is 1.52. The molecule has 1 N–H and O–H groups in total. The summed E-state index contributed by atoms with van der Waals surface area (Å²) in [6.45, 7) is 4.88. The highest BCUT2D eigenvalue weighted by atomic mass is 35.5. The standard InChI is InChI=1S/C13H18ClNO2/c1-3-17-13(16)7-8-15-10(2)11-5-4-6-12(14)9-11/h4-6,9-10,15H,3,7-8H2,1-2H3/t10-/m0/s1. The number of halogens is 1. The zero-order valence-corrected chi connectivity index (χ0v) is 11.0. The Morgan fingerprint density at radius 2 is 2.29 bits per heavy atom. The van der Waals surface area contributed by atoms with Crippen LogP contribution in [0.2, 0.25) is 5.02 Å². The molecule has 3 nitrogen and oxygen atoms in total. The number of esters is 1. The van der Waals surface area contributed by atoms with Crippen LogP contribution in [0, 0.1) is 0 Å². The first-order chi connectivity index (χ1) is 8.13. The lowest BCUT2D eigenvalue weighted by Crippen LogP contribution is -2.22. The van der Waals surface area contributed by atoms with E-state index >= 15 is 0 Å². The lowest BCUT2D eigenvalue weighted by Gasteiger charge is -2.14. The molecule has 0 aliphatic carbocycles. The first kappa shape index (κ1) is 14.0. The highest BCUT2D eigenvalue weighted by molar-refractivity contribution is 6.30. The molecule has 4 heteroatoms. The van der Waals surface area contributed by atoms with E-state index in [2.05, 4.69) is 5.32 Å². The summed E-state index contributed by atoms with van der Waals surface area (Å²) in [5.74, 6) is -0.168. The quantitative estimate of drug-likeness (QED) is 0.795. The second kappa shape index (κ2) is 7.30. The molecule has 1 atom stereocenters. The SMILES string of the molecule is CCOC(=O)CCN[C@@H](C)c1cccc(Cl)c1. The van der Waals surface area contributed by atoms with Crippen molar-refractivity contribution in [2.24, 2.45) is 0 Å². The van der Waals surface area contributed by atoms with Crippen molar-refractivity contribution in [2.75, 3.05) is 13.2 Å². The molecule has 1 aromatic rings. The Balaban J connectivity index is 2.35. The third kappa shape index (κ3) is 5.20. The molecule has 0 aliphatic heterocycles. The predicted molar refractivity (Wildman–Crippen MR) is 69.1 cm³/mol. The van der Waals surface area contributed by atoms with Crippen LogP contribution in [0.25, 0.3) is 0 Å². The third-order valence-corrected chi connectivity index (χ3v) is 2.67. The summed E-state index contributed by atoms with van der Waals surface area (Å²) in [4.78, 5) is 11.1. The Bertz CT molecular complexity index is 368. The van der Waals surface area contributed by atoms with E-state index in [4.69, 9.17) is 16.3 Å². The molecule has 0 aliphatic rings. The lowest BCUT2D eigenvalue weighted by atomic mass is 10.1. The lowest BCUT2D eigenvalue weighted by molar-refractivity contribution is -0.143. The molecule has 17 heavy (non-hydrogen) atoms. The van der Waals surface area contributed by atoms with Crippen molar-refractivity contribution < 1.29 is 9.53 Å². The van der Waals surface area contributed by atoms with E-state index in [1.54, 1.807) is 6.92 Å². The summed E-state index contributed by atoms with van der Waals surface area (Å²) < 4.78 is 4.85. The van der Waals surface area contributed by atoms with Crippen LogP contribution in [0.5, 0.6) is 0 Å². The van der Waals surface area contributed by atoms with Gasteiger partial charge in [-0.3, -0.25) is 4.79 Å². The van der Waals surface area contributed by atoms with Gasteiger partial charge in [-0.15, -0.1) is 0 Å². The van der Waals surface area contributed by atoms with Crippen molar-refractivity contribution in [1.82, 2.24) is 5.32 Å². The second-order valence-corrected chi connectivity index (χ2v) is 4.22. The van der Waals surface area contributed by atoms with Crippen LogP contribution in [-0.4, -0.2) is 19.1 Å². The van der Waals surface area contributed by atoms with Gasteiger partial charge in [0.15, 0.2) is 0 Å². The predicted octanol–water partition coefficient (Wildman–Crippen LogP) is 2.94. The van der Waals surface area contributed by atoms with Crippen LogP contribution in [0.3, 0.4) is 0 Å². The van der Waals surface area contributed by atoms with Gasteiger partial charge in [0.25, 0.3) is 0 Å². The Kier molecular flexibility index (Phi) is 6.01. The summed E-state index contributed by atoms with van der Waals surface area (Å²) in [6, 6.07) is 7.86. The molecule has 0 saturated heterocycles. The van der Waals surface area contributed by atoms with Gasteiger partial charge in [0.2, 0.25) is 0 Å². The number of ether oxygens (including phenoxy) is 1. The van der Waals surface area contributed by atoms with Gasteiger partial charge in [0, 0.05) is 17.6 Å². The van der Waals surface area contributed by atoms with Crippen LogP contribution >= 0.6 is 11.6 Å². The number of rotatable bonds is 6. The molecular formula is C13H18ClNO2. The van der Waals surface area contributed by atoms with E-state index in [0.717, 1.165) is 10.6 Å². The molecule has 0 amide bonds. The van der Waals surface area contributed by atoms with Crippen molar-refractivity contribution in [2.45, 2.75) is 26.3 Å². The topological polar surface area (TPSA) is 38.3 Å². The van der Waals surface area contributed by atoms with Crippen LogP contribution in [0.15, 0.2) is 24.3 Å². The smallest absolute Gasteiger partial charge is 0.307 e. The largest absolute Gasteiger partial charge is 0.466 e. The number of carbonyl (C=O) groups is 1. The molecule has 1 aromatic carbocycles. The molecule has 0 spiro atoms. The van der Waals surface area contributed by atoms with Gasteiger partial charge >= 0.3 is 5.97 Å². The Labute approximate surface area is 107 Å². The molecular weight excluding hydrogens is 238 g/mol. The highest BCUT2D eigenvalue weighted by Gasteiger charge is 2.06. The van der Waals surface area contributed by atoms with Crippen molar-refractivity contribution in [1.29, 1.82) is 0 Å². The molecule has 0 bridgehead atoms. The zero-order valence-electron chi connectivity index (χ0n) is 10.2. The van der Waals surface area contributed by atoms with Gasteiger partial charge in [0.1, 0.15) is 0 Å². The van der Waals surface area contributed by atoms with Gasteiger partial charge in [-0.05, 0) is 31.5 Å². The summed E-state index contributed by atoms with van der Waals surface area (Å²) in [6.07, 6.45) is 0.388. The van der Waals surface area contributed by atoms with Gasteiger partial charge in [-0.1, -0.05) is 23.7 Å². The van der Waals surface area contributed by atoms with E-state index < -0.39 is 0 Å². The fourth-order valence-corrected chi connectivity index (χ4v) is 1.72. The first-order valence-electron chi connectivity index (χ1n) is 5.78. The highest BCUT2D eigenvalue weighted by Crippen LogP contribution is 2.17. The normalized spacial score (nSPS) is 12.2. The molecule has 0 heterocycles. The van der Waals surface area contributed by atoms with E-state index in [9.17, 15) is 4.79 Å². The Hall–Kier alpha value is -1.06. The fraction of sp³-hybridized carbons (Fsp3) is 0.462. The number of hydrogen-bond acceptors (Lipinski definition) is 3. The summed E-state index contributed by atoms with van der Waals surface area (Å²) in [5, 5.41) is 3.98. The maximum absolute atomic E-state index is 11.1. The summed E-state index contributed by atoms with van der Waals surface area (Å²) in [5.41, 5.74) is 1.11. The molecule has 0 unspecified atom stereocenters. The van der Waals surface area contributed by atoms with Crippen LogP contribution in [-0.2, 0) is 9.53 Å². The van der Waals surface area contributed by atoms with E-state index in [-0.39, 0.29) is 12.0 Å². The number of benzene rings is 1. The maximum Gasteiger partial charge on any atom is 0.307 e. The maximum atomic E-state index is 11.1. The Morgan fingerprint density at radius 1 is 1.53 bits per heavy atom. The zero-order chi connectivity index (χ0) is 12.7. The van der Waals surface area contributed by atoms with E-state index in [1.807, 2.05) is 31.2 Å². The summed E-state index contributed by atoms with van der Waals surface area (Å²) >= 11 is 5.91. The molecule has 0 radical (unpaired) electrons. The van der Waals surface area contributed by atoms with Crippen LogP contribution in [0.1, 0.15) is 31.9 Å². The van der Waals surface area contributed by atoms with Gasteiger partial charge in [-0.2, -0.15) is 0 Å². The van der Waals surface area contributed by atoms with Crippen LogP contribution < -0.4 is 5.32 Å². The molecule has 94 valence electrons. The minimum Gasteiger partial charge on any atom is -0.466 e.